The number of nitrogens with one attached hydrogen (secondary N) is 3. The zero-order chi connectivity index (χ0) is 15.4. The van der Waals surface area contributed by atoms with Crippen molar-refractivity contribution in [1.29, 1.82) is 0 Å². The summed E-state index contributed by atoms with van der Waals surface area (Å²) < 4.78 is 0. The fraction of sp³-hybridized carbons (Fsp3) is 0.533. The van der Waals surface area contributed by atoms with Crippen LogP contribution in [0.3, 0.4) is 0 Å². The summed E-state index contributed by atoms with van der Waals surface area (Å²) in [6.07, 6.45) is 5.55. The van der Waals surface area contributed by atoms with Crippen LogP contribution in [0.5, 0.6) is 0 Å². The molecule has 0 spiro atoms. The third kappa shape index (κ3) is 3.47. The molecule has 22 heavy (non-hydrogen) atoms. The number of pyridine rings is 1. The van der Waals surface area contributed by atoms with Gasteiger partial charge >= 0.3 is 6.03 Å². The number of amides is 3. The van der Waals surface area contributed by atoms with Gasteiger partial charge in [-0.2, -0.15) is 0 Å². The molecule has 0 bridgehead atoms. The third-order valence-electron chi connectivity index (χ3n) is 4.04. The van der Waals surface area contributed by atoms with Crippen molar-refractivity contribution in [3.8, 4) is 0 Å². The van der Waals surface area contributed by atoms with Crippen LogP contribution in [0.1, 0.15) is 24.8 Å². The number of urea groups is 1. The van der Waals surface area contributed by atoms with E-state index in [1.807, 2.05) is 12.1 Å². The molecular formula is C15H21N5O2. The average Bonchev–Trinajstić information content (AvgIpc) is 3.00. The van der Waals surface area contributed by atoms with Crippen LogP contribution >= 0.6 is 0 Å². The van der Waals surface area contributed by atoms with Crippen LogP contribution in [-0.4, -0.2) is 42.6 Å². The van der Waals surface area contributed by atoms with E-state index in [1.54, 1.807) is 6.20 Å². The quantitative estimate of drug-likeness (QED) is 0.750. The second kappa shape index (κ2) is 6.64. The van der Waals surface area contributed by atoms with Crippen LogP contribution in [0, 0.1) is 0 Å². The fourth-order valence-electron chi connectivity index (χ4n) is 2.76. The monoisotopic (exact) mass is 303 g/mol. The summed E-state index contributed by atoms with van der Waals surface area (Å²) in [7, 11) is 0. The molecule has 0 radical (unpaired) electrons. The van der Waals surface area contributed by atoms with Crippen LogP contribution < -0.4 is 20.9 Å². The van der Waals surface area contributed by atoms with Gasteiger partial charge < -0.3 is 20.9 Å². The Morgan fingerprint density at radius 2 is 2.14 bits per heavy atom. The molecule has 1 aromatic rings. The average molecular weight is 303 g/mol. The molecule has 2 saturated heterocycles. The first-order valence-corrected chi connectivity index (χ1v) is 7.74. The number of carbonyl (C=O) groups is 2. The van der Waals surface area contributed by atoms with E-state index in [2.05, 4.69) is 25.8 Å². The van der Waals surface area contributed by atoms with Gasteiger partial charge in [0.2, 0.25) is 5.91 Å². The first kappa shape index (κ1) is 14.6. The van der Waals surface area contributed by atoms with Gasteiger partial charge in [0.25, 0.3) is 0 Å². The van der Waals surface area contributed by atoms with Crippen LogP contribution in [0.4, 0.5) is 10.6 Å². The second-order valence-electron chi connectivity index (χ2n) is 5.70. The van der Waals surface area contributed by atoms with Gasteiger partial charge in [0, 0.05) is 32.4 Å². The minimum absolute atomic E-state index is 0.182. The highest BCUT2D eigenvalue weighted by Gasteiger charge is 2.26. The predicted octanol–water partition coefficient (Wildman–Crippen LogP) is 0.369. The van der Waals surface area contributed by atoms with Crippen molar-refractivity contribution in [3.63, 3.8) is 0 Å². The lowest BCUT2D eigenvalue weighted by atomic mass is 10.1. The van der Waals surface area contributed by atoms with E-state index in [9.17, 15) is 9.59 Å². The van der Waals surface area contributed by atoms with Crippen molar-refractivity contribution in [3.05, 3.63) is 23.9 Å². The number of carbonyl (C=O) groups excluding carboxylic acids is 2. The van der Waals surface area contributed by atoms with E-state index >= 15 is 0 Å². The van der Waals surface area contributed by atoms with Gasteiger partial charge in [0.1, 0.15) is 11.9 Å². The Bertz CT molecular complexity index is 539. The minimum Gasteiger partial charge on any atom is -0.357 e. The molecule has 7 nitrogen and oxygen atoms in total. The molecule has 1 atom stereocenters. The molecule has 2 fully saturated rings. The summed E-state index contributed by atoms with van der Waals surface area (Å²) in [6, 6.07) is 3.20. The van der Waals surface area contributed by atoms with E-state index in [4.69, 9.17) is 0 Å². The van der Waals surface area contributed by atoms with E-state index in [-0.39, 0.29) is 11.9 Å². The largest absolute Gasteiger partial charge is 0.357 e. The third-order valence-corrected chi connectivity index (χ3v) is 4.04. The number of hydrogen-bond donors (Lipinski definition) is 3. The summed E-state index contributed by atoms with van der Waals surface area (Å²) in [5.41, 5.74) is 0.950. The Balaban J connectivity index is 1.50. The molecule has 7 heteroatoms. The molecule has 0 saturated carbocycles. The van der Waals surface area contributed by atoms with Gasteiger partial charge in [0.05, 0.1) is 0 Å². The summed E-state index contributed by atoms with van der Waals surface area (Å²) in [4.78, 5) is 29.7. The van der Waals surface area contributed by atoms with Gasteiger partial charge in [-0.15, -0.1) is 0 Å². The molecule has 3 amide bonds. The molecule has 3 rings (SSSR count). The standard InChI is InChI=1S/C15H21N5O2/c21-14(12-10-18-15(22)19-12)17-9-11-4-5-13(16-8-11)20-6-2-1-3-7-20/h4-5,8,12H,1-3,6-7,9-10H2,(H,17,21)(H2,18,19,22). The van der Waals surface area contributed by atoms with E-state index in [0.717, 1.165) is 24.5 Å². The van der Waals surface area contributed by atoms with Crippen molar-refractivity contribution in [2.45, 2.75) is 31.8 Å². The van der Waals surface area contributed by atoms with Crippen molar-refractivity contribution in [1.82, 2.24) is 20.9 Å². The molecule has 0 aromatic carbocycles. The molecule has 2 aliphatic rings. The second-order valence-corrected chi connectivity index (χ2v) is 5.70. The summed E-state index contributed by atoms with van der Waals surface area (Å²) in [6.45, 7) is 2.88. The summed E-state index contributed by atoms with van der Waals surface area (Å²) in [5, 5.41) is 7.93. The number of nitrogens with zero attached hydrogens (tertiary/aromatic N) is 2. The van der Waals surface area contributed by atoms with E-state index < -0.39 is 6.04 Å². The number of piperidine rings is 1. The first-order chi connectivity index (χ1) is 10.7. The van der Waals surface area contributed by atoms with Crippen molar-refractivity contribution in [2.75, 3.05) is 24.5 Å². The number of rotatable bonds is 4. The van der Waals surface area contributed by atoms with Crippen LogP contribution in [-0.2, 0) is 11.3 Å². The van der Waals surface area contributed by atoms with Crippen molar-refractivity contribution < 1.29 is 9.59 Å². The Morgan fingerprint density at radius 1 is 1.32 bits per heavy atom. The Hall–Kier alpha value is -2.31. The highest BCUT2D eigenvalue weighted by Crippen LogP contribution is 2.17. The molecule has 118 valence electrons. The smallest absolute Gasteiger partial charge is 0.315 e. The minimum atomic E-state index is -0.493. The van der Waals surface area contributed by atoms with Crippen LogP contribution in [0.15, 0.2) is 18.3 Å². The summed E-state index contributed by atoms with van der Waals surface area (Å²) in [5.74, 6) is 0.820. The maximum absolute atomic E-state index is 11.9. The van der Waals surface area contributed by atoms with E-state index in [0.29, 0.717) is 13.1 Å². The Morgan fingerprint density at radius 3 is 2.77 bits per heavy atom. The lowest BCUT2D eigenvalue weighted by Gasteiger charge is -2.27. The highest BCUT2D eigenvalue weighted by molar-refractivity contribution is 5.90. The van der Waals surface area contributed by atoms with Crippen LogP contribution in [0.2, 0.25) is 0 Å². The molecule has 3 heterocycles. The van der Waals surface area contributed by atoms with Gasteiger partial charge in [-0.25, -0.2) is 9.78 Å². The summed E-state index contributed by atoms with van der Waals surface area (Å²) >= 11 is 0. The van der Waals surface area contributed by atoms with Gasteiger partial charge in [0.15, 0.2) is 0 Å². The van der Waals surface area contributed by atoms with Crippen molar-refractivity contribution in [2.24, 2.45) is 0 Å². The molecule has 3 N–H and O–H groups in total. The van der Waals surface area contributed by atoms with Crippen LogP contribution in [0.25, 0.3) is 0 Å². The normalized spacial score (nSPS) is 21.2. The Labute approximate surface area is 129 Å². The van der Waals surface area contributed by atoms with Gasteiger partial charge in [-0.3, -0.25) is 4.79 Å². The lowest BCUT2D eigenvalue weighted by molar-refractivity contribution is -0.122. The van der Waals surface area contributed by atoms with Gasteiger partial charge in [-0.05, 0) is 30.9 Å². The SMILES string of the molecule is O=C1NCC(C(=O)NCc2ccc(N3CCCCC3)nc2)N1. The maximum atomic E-state index is 11.9. The number of hydrogen-bond acceptors (Lipinski definition) is 4. The molecule has 2 aliphatic heterocycles. The molecule has 1 aromatic heterocycles. The predicted molar refractivity (Wildman–Crippen MR) is 82.5 cm³/mol. The molecule has 0 aliphatic carbocycles. The molecule has 1 unspecified atom stereocenters. The lowest BCUT2D eigenvalue weighted by Crippen LogP contribution is -2.42. The maximum Gasteiger partial charge on any atom is 0.315 e. The number of anilines is 1. The zero-order valence-corrected chi connectivity index (χ0v) is 12.5. The number of aromatic nitrogens is 1. The fourth-order valence-corrected chi connectivity index (χ4v) is 2.76. The topological polar surface area (TPSA) is 86.4 Å². The van der Waals surface area contributed by atoms with E-state index in [1.165, 1.54) is 19.3 Å². The zero-order valence-electron chi connectivity index (χ0n) is 12.5. The molecular weight excluding hydrogens is 282 g/mol. The van der Waals surface area contributed by atoms with Gasteiger partial charge in [-0.1, -0.05) is 6.07 Å². The van der Waals surface area contributed by atoms with Crippen molar-refractivity contribution >= 4 is 17.8 Å². The Kier molecular flexibility index (Phi) is 4.41. The highest BCUT2D eigenvalue weighted by atomic mass is 16.2. The first-order valence-electron chi connectivity index (χ1n) is 7.74.